The Morgan fingerprint density at radius 2 is 1.68 bits per heavy atom. The predicted molar refractivity (Wildman–Crippen MR) is 143 cm³/mol. The molecule has 0 radical (unpaired) electrons. The van der Waals surface area contributed by atoms with E-state index in [0.29, 0.717) is 19.1 Å². The van der Waals surface area contributed by atoms with E-state index in [0.717, 1.165) is 85.6 Å². The number of carbonyl (C=O) groups is 1. The van der Waals surface area contributed by atoms with Crippen molar-refractivity contribution < 1.29 is 28.2 Å². The zero-order valence-electron chi connectivity index (χ0n) is 22.5. The second kappa shape index (κ2) is 11.3. The van der Waals surface area contributed by atoms with Crippen LogP contribution in [0.25, 0.3) is 11.1 Å². The Kier molecular flexibility index (Phi) is 7.88. The number of likely N-dealkylation sites (tertiary alicyclic amines) is 1. The number of rotatable bonds is 9. The summed E-state index contributed by atoms with van der Waals surface area (Å²) >= 11 is 0. The normalized spacial score (nSPS) is 22.4. The zero-order valence-corrected chi connectivity index (χ0v) is 22.5. The van der Waals surface area contributed by atoms with Gasteiger partial charge in [-0.1, -0.05) is 17.3 Å². The molecule has 2 heterocycles. The number of nitrogens with zero attached hydrogens (tertiary/aromatic N) is 2. The van der Waals surface area contributed by atoms with Crippen LogP contribution in [-0.2, 0) is 20.9 Å². The fraction of sp³-hybridized carbons (Fsp3) is 0.533. The van der Waals surface area contributed by atoms with Gasteiger partial charge >= 0.3 is 5.97 Å². The van der Waals surface area contributed by atoms with Crippen LogP contribution in [0.15, 0.2) is 41.6 Å². The molecular weight excluding hydrogens is 487 g/mol. The molecule has 0 unspecified atom stereocenters. The van der Waals surface area contributed by atoms with Gasteiger partial charge in [0.2, 0.25) is 0 Å². The summed E-state index contributed by atoms with van der Waals surface area (Å²) in [6.07, 6.45) is 4.49. The number of oxime groups is 1. The van der Waals surface area contributed by atoms with Crippen LogP contribution in [0.4, 0.5) is 4.39 Å². The van der Waals surface area contributed by atoms with Crippen LogP contribution in [0.3, 0.4) is 0 Å². The molecule has 0 aromatic heterocycles. The van der Waals surface area contributed by atoms with Crippen molar-refractivity contribution in [3.05, 3.63) is 47.8 Å². The van der Waals surface area contributed by atoms with Crippen LogP contribution in [-0.4, -0.2) is 55.6 Å². The fourth-order valence-corrected chi connectivity index (χ4v) is 6.08. The molecule has 0 atom stereocenters. The molecule has 8 heteroatoms. The molecule has 3 aliphatic rings. The molecule has 38 heavy (non-hydrogen) atoms. The Bertz CT molecular complexity index is 1140. The van der Waals surface area contributed by atoms with Crippen molar-refractivity contribution >= 4 is 11.7 Å². The van der Waals surface area contributed by atoms with Gasteiger partial charge in [-0.15, -0.1) is 0 Å². The summed E-state index contributed by atoms with van der Waals surface area (Å²) in [6, 6.07) is 10.5. The summed E-state index contributed by atoms with van der Waals surface area (Å²) in [5, 5.41) is 4.50. The summed E-state index contributed by atoms with van der Waals surface area (Å²) in [7, 11) is 1.46. The quantitative estimate of drug-likeness (QED) is 0.398. The Balaban J connectivity index is 1.23. The number of methoxy groups -OCH3 is 1. The molecule has 2 aromatic carbocycles. The monoisotopic (exact) mass is 524 g/mol. The summed E-state index contributed by atoms with van der Waals surface area (Å²) < 4.78 is 30.5. The lowest BCUT2D eigenvalue weighted by molar-refractivity contribution is -0.146. The van der Waals surface area contributed by atoms with Crippen LogP contribution in [0.2, 0.25) is 0 Å². The predicted octanol–water partition coefficient (Wildman–Crippen LogP) is 5.60. The lowest BCUT2D eigenvalue weighted by atomic mass is 9.76. The van der Waals surface area contributed by atoms with E-state index in [1.807, 2.05) is 13.8 Å². The van der Waals surface area contributed by atoms with E-state index in [2.05, 4.69) is 22.2 Å². The maximum Gasteiger partial charge on any atom is 0.308 e. The first-order valence-corrected chi connectivity index (χ1v) is 13.7. The minimum Gasteiger partial charge on any atom is -0.493 e. The zero-order chi connectivity index (χ0) is 26.7. The highest BCUT2D eigenvalue weighted by molar-refractivity contribution is 5.89. The first-order chi connectivity index (χ1) is 18.4. The topological polar surface area (TPSA) is 69.6 Å². The van der Waals surface area contributed by atoms with E-state index >= 15 is 0 Å². The molecule has 2 aromatic rings. The second-order valence-corrected chi connectivity index (χ2v) is 10.6. The average Bonchev–Trinajstić information content (AvgIpc) is 3.35. The minimum atomic E-state index is -0.275. The van der Waals surface area contributed by atoms with Crippen molar-refractivity contribution in [3.63, 3.8) is 0 Å². The van der Waals surface area contributed by atoms with E-state index in [1.165, 1.54) is 19.2 Å². The molecule has 1 saturated carbocycles. The van der Waals surface area contributed by atoms with Crippen LogP contribution in [0.1, 0.15) is 51.5 Å². The molecule has 5 rings (SSSR count). The van der Waals surface area contributed by atoms with Crippen LogP contribution >= 0.6 is 0 Å². The third-order valence-corrected chi connectivity index (χ3v) is 7.88. The van der Waals surface area contributed by atoms with Gasteiger partial charge in [0, 0.05) is 32.0 Å². The summed E-state index contributed by atoms with van der Waals surface area (Å²) in [6.45, 7) is 7.32. The smallest absolute Gasteiger partial charge is 0.308 e. The van der Waals surface area contributed by atoms with E-state index in [4.69, 9.17) is 19.0 Å². The molecule has 0 N–H and O–H groups in total. The summed E-state index contributed by atoms with van der Waals surface area (Å²) in [4.78, 5) is 20.2. The maximum atomic E-state index is 13.6. The van der Waals surface area contributed by atoms with Crippen LogP contribution in [0.5, 0.6) is 11.5 Å². The van der Waals surface area contributed by atoms with Gasteiger partial charge in [-0.3, -0.25) is 9.69 Å². The van der Waals surface area contributed by atoms with Crippen molar-refractivity contribution in [1.29, 1.82) is 0 Å². The Morgan fingerprint density at radius 3 is 2.26 bits per heavy atom. The highest BCUT2D eigenvalue weighted by Crippen LogP contribution is 2.43. The number of benzene rings is 2. The third kappa shape index (κ3) is 5.51. The van der Waals surface area contributed by atoms with E-state index in [-0.39, 0.29) is 23.3 Å². The van der Waals surface area contributed by atoms with Crippen molar-refractivity contribution in [2.24, 2.45) is 17.0 Å². The molecule has 2 fully saturated rings. The van der Waals surface area contributed by atoms with Gasteiger partial charge in [-0.05, 0) is 74.9 Å². The molecule has 1 saturated heterocycles. The first-order valence-electron chi connectivity index (χ1n) is 13.7. The average molecular weight is 525 g/mol. The maximum absolute atomic E-state index is 13.6. The third-order valence-electron chi connectivity index (χ3n) is 7.88. The second-order valence-electron chi connectivity index (χ2n) is 10.6. The highest BCUT2D eigenvalue weighted by Gasteiger charge is 2.50. The Hall–Kier alpha value is -3.13. The number of carbonyl (C=O) groups excluding carboxylic acids is 1. The molecule has 204 valence electrons. The van der Waals surface area contributed by atoms with Gasteiger partial charge in [0.15, 0.2) is 5.60 Å². The molecule has 1 aliphatic carbocycles. The Labute approximate surface area is 223 Å². The van der Waals surface area contributed by atoms with Gasteiger partial charge < -0.3 is 19.0 Å². The molecule has 0 amide bonds. The summed E-state index contributed by atoms with van der Waals surface area (Å²) in [5.41, 5.74) is 3.70. The van der Waals surface area contributed by atoms with Crippen LogP contribution < -0.4 is 9.47 Å². The number of hydrogen-bond acceptors (Lipinski definition) is 7. The van der Waals surface area contributed by atoms with Gasteiger partial charge in [0.1, 0.15) is 17.3 Å². The van der Waals surface area contributed by atoms with Crippen molar-refractivity contribution in [3.8, 4) is 22.6 Å². The van der Waals surface area contributed by atoms with Crippen molar-refractivity contribution in [2.75, 3.05) is 33.4 Å². The van der Waals surface area contributed by atoms with Gasteiger partial charge in [0.25, 0.3) is 0 Å². The number of halogens is 1. The fourth-order valence-electron chi connectivity index (χ4n) is 6.08. The highest BCUT2D eigenvalue weighted by atomic mass is 19.1. The molecule has 2 aliphatic heterocycles. The summed E-state index contributed by atoms with van der Waals surface area (Å²) in [5.74, 6) is 1.52. The number of hydrogen-bond donors (Lipinski definition) is 0. The number of esters is 1. The van der Waals surface area contributed by atoms with Gasteiger partial charge in [-0.2, -0.15) is 0 Å². The van der Waals surface area contributed by atoms with Crippen molar-refractivity contribution in [1.82, 2.24) is 4.90 Å². The number of ether oxygens (including phenoxy) is 3. The van der Waals surface area contributed by atoms with Crippen LogP contribution in [0, 0.1) is 17.7 Å². The SMILES string of the molecule is CCOc1cc(CN2CC3(CC([C@H]4CC[C@@H](C(=O)OC)CC4)=NO3)C2)cc(OCC)c1-c1ccc(F)cc1. The largest absolute Gasteiger partial charge is 0.493 e. The van der Waals surface area contributed by atoms with E-state index < -0.39 is 0 Å². The standard InChI is InChI=1S/C30H37FN2O5/c1-4-36-26-14-20(15-27(37-5-2)28(26)22-10-12-24(31)13-11-22)17-33-18-30(19-33)16-25(32-38-30)21-6-8-23(9-7-21)29(34)35-3/h10-15,21,23H,4-9,16-19H2,1-3H3/t21-,23+. The van der Waals surface area contributed by atoms with Gasteiger partial charge in [0.05, 0.1) is 37.5 Å². The minimum absolute atomic E-state index is 0.0185. The lowest BCUT2D eigenvalue weighted by Crippen LogP contribution is -2.61. The van der Waals surface area contributed by atoms with E-state index in [1.54, 1.807) is 12.1 Å². The molecule has 7 nitrogen and oxygen atoms in total. The van der Waals surface area contributed by atoms with Gasteiger partial charge in [-0.25, -0.2) is 4.39 Å². The first kappa shape index (κ1) is 26.5. The van der Waals surface area contributed by atoms with E-state index in [9.17, 15) is 9.18 Å². The lowest BCUT2D eigenvalue weighted by Gasteiger charge is -2.45. The molecule has 1 spiro atoms. The molecule has 0 bridgehead atoms. The Morgan fingerprint density at radius 1 is 1.05 bits per heavy atom. The molecular formula is C30H37FN2O5. The van der Waals surface area contributed by atoms with Crippen molar-refractivity contribution in [2.45, 2.75) is 58.1 Å².